The lowest BCUT2D eigenvalue weighted by atomic mass is 9.92. The number of rotatable bonds is 8. The van der Waals surface area contributed by atoms with Crippen LogP contribution in [0.2, 0.25) is 0 Å². The largest absolute Gasteiger partial charge is 0.446 e. The van der Waals surface area contributed by atoms with Crippen molar-refractivity contribution in [3.8, 4) is 0 Å². The zero-order chi connectivity index (χ0) is 22.4. The van der Waals surface area contributed by atoms with Crippen LogP contribution in [0, 0.1) is 11.6 Å². The standard InChI is InChI=1S/C21H19F2N7O2/c22-17-7-3-1-5-15(17)9-20(12-25-29-27-20)11-24-19(31)32-14-21(13-26-30-28-21)10-16-6-2-4-8-18(16)23/h1-8,12-13H,9-11,14H2,(H,24,31). The maximum atomic E-state index is 14.1. The summed E-state index contributed by atoms with van der Waals surface area (Å²) in [6.45, 7) is -0.209. The monoisotopic (exact) mass is 439 g/mol. The molecule has 1 N–H and O–H groups in total. The number of hydrogen-bond donors (Lipinski definition) is 1. The van der Waals surface area contributed by atoms with Crippen LogP contribution in [0.3, 0.4) is 0 Å². The summed E-state index contributed by atoms with van der Waals surface area (Å²) >= 11 is 0. The summed E-state index contributed by atoms with van der Waals surface area (Å²) in [5.41, 5.74) is -1.31. The van der Waals surface area contributed by atoms with Crippen LogP contribution in [0.25, 0.3) is 0 Å². The van der Waals surface area contributed by atoms with E-state index in [0.29, 0.717) is 11.1 Å². The molecule has 0 bridgehead atoms. The zero-order valence-corrected chi connectivity index (χ0v) is 16.9. The Labute approximate surface area is 182 Å². The Morgan fingerprint density at radius 1 is 0.844 bits per heavy atom. The minimum atomic E-state index is -1.10. The Kier molecular flexibility index (Phi) is 6.06. The zero-order valence-electron chi connectivity index (χ0n) is 16.9. The predicted molar refractivity (Wildman–Crippen MR) is 112 cm³/mol. The Morgan fingerprint density at radius 3 is 1.91 bits per heavy atom. The second kappa shape index (κ2) is 9.08. The minimum absolute atomic E-state index is 0.0108. The van der Waals surface area contributed by atoms with Crippen molar-refractivity contribution >= 4 is 18.5 Å². The molecule has 164 valence electrons. The van der Waals surface area contributed by atoms with E-state index in [1.165, 1.54) is 24.6 Å². The molecule has 0 aliphatic carbocycles. The summed E-state index contributed by atoms with van der Waals surface area (Å²) in [4.78, 5) is 12.4. The van der Waals surface area contributed by atoms with E-state index in [9.17, 15) is 13.6 Å². The number of amides is 1. The van der Waals surface area contributed by atoms with Gasteiger partial charge in [-0.2, -0.15) is 10.2 Å². The maximum absolute atomic E-state index is 14.1. The lowest BCUT2D eigenvalue weighted by Gasteiger charge is -2.24. The van der Waals surface area contributed by atoms with Crippen LogP contribution in [0.1, 0.15) is 11.1 Å². The van der Waals surface area contributed by atoms with Crippen molar-refractivity contribution in [2.45, 2.75) is 23.9 Å². The van der Waals surface area contributed by atoms with Gasteiger partial charge in [-0.05, 0) is 33.7 Å². The highest BCUT2D eigenvalue weighted by atomic mass is 19.1. The maximum Gasteiger partial charge on any atom is 0.407 e. The highest BCUT2D eigenvalue weighted by molar-refractivity contribution is 5.76. The van der Waals surface area contributed by atoms with Crippen LogP contribution in [0.4, 0.5) is 13.6 Å². The highest BCUT2D eigenvalue weighted by Crippen LogP contribution is 2.24. The highest BCUT2D eigenvalue weighted by Gasteiger charge is 2.36. The van der Waals surface area contributed by atoms with Gasteiger partial charge in [0.25, 0.3) is 0 Å². The first-order valence-corrected chi connectivity index (χ1v) is 9.80. The Bertz CT molecular complexity index is 1010. The van der Waals surface area contributed by atoms with Crippen LogP contribution in [0.15, 0.2) is 79.4 Å². The smallest absolute Gasteiger partial charge is 0.407 e. The number of nitrogens with zero attached hydrogens (tertiary/aromatic N) is 6. The van der Waals surface area contributed by atoms with Crippen LogP contribution in [-0.2, 0) is 17.6 Å². The van der Waals surface area contributed by atoms with E-state index in [1.807, 2.05) is 0 Å². The van der Waals surface area contributed by atoms with E-state index in [4.69, 9.17) is 4.74 Å². The first-order chi connectivity index (χ1) is 15.5. The molecule has 0 radical (unpaired) electrons. The van der Waals surface area contributed by atoms with Gasteiger partial charge in [0.1, 0.15) is 23.8 Å². The fraction of sp³-hybridized carbons (Fsp3) is 0.286. The van der Waals surface area contributed by atoms with Crippen LogP contribution in [0.5, 0.6) is 0 Å². The second-order valence-corrected chi connectivity index (χ2v) is 7.54. The van der Waals surface area contributed by atoms with Crippen molar-refractivity contribution in [2.24, 2.45) is 30.9 Å². The summed E-state index contributed by atoms with van der Waals surface area (Å²) in [5, 5.41) is 25.4. The van der Waals surface area contributed by atoms with Crippen molar-refractivity contribution in [3.63, 3.8) is 0 Å². The molecule has 0 aromatic heterocycles. The summed E-state index contributed by atoms with van der Waals surface area (Å²) < 4.78 is 33.4. The minimum Gasteiger partial charge on any atom is -0.446 e. The van der Waals surface area contributed by atoms with Gasteiger partial charge < -0.3 is 10.1 Å². The Hall–Kier alpha value is -3.89. The summed E-state index contributed by atoms with van der Waals surface area (Å²) in [6.07, 6.45) is 2.40. The van der Waals surface area contributed by atoms with E-state index in [2.05, 4.69) is 36.2 Å². The number of nitrogens with one attached hydrogen (secondary N) is 1. The molecule has 2 aliphatic heterocycles. The number of halogens is 2. The topological polar surface area (TPSA) is 112 Å². The fourth-order valence-corrected chi connectivity index (χ4v) is 3.38. The Balaban J connectivity index is 1.36. The van der Waals surface area contributed by atoms with Gasteiger partial charge in [0.2, 0.25) is 0 Å². The van der Waals surface area contributed by atoms with Crippen LogP contribution < -0.4 is 5.32 Å². The SMILES string of the molecule is O=C(NCC1(Cc2ccccc2F)C=NN=N1)OCC1(Cc2ccccc2F)C=NN=N1. The van der Waals surface area contributed by atoms with Crippen molar-refractivity contribution in [2.75, 3.05) is 13.2 Å². The number of ether oxygens (including phenoxy) is 1. The second-order valence-electron chi connectivity index (χ2n) is 7.54. The average molecular weight is 439 g/mol. The number of hydrogen-bond acceptors (Lipinski definition) is 8. The van der Waals surface area contributed by atoms with Crippen molar-refractivity contribution in [1.82, 2.24) is 5.32 Å². The van der Waals surface area contributed by atoms with Gasteiger partial charge in [0.15, 0.2) is 5.54 Å². The molecule has 1 amide bonds. The molecule has 2 aromatic carbocycles. The van der Waals surface area contributed by atoms with Crippen molar-refractivity contribution in [1.29, 1.82) is 0 Å². The molecule has 2 unspecified atom stereocenters. The molecule has 0 saturated carbocycles. The molecule has 2 aromatic rings. The molecule has 9 nitrogen and oxygen atoms in total. The normalized spacial score (nSPS) is 23.1. The molecule has 11 heteroatoms. The number of alkyl carbamates (subject to hydrolysis) is 1. The third kappa shape index (κ3) is 4.88. The third-order valence-corrected chi connectivity index (χ3v) is 5.09. The van der Waals surface area contributed by atoms with Gasteiger partial charge in [-0.1, -0.05) is 36.4 Å². The third-order valence-electron chi connectivity index (χ3n) is 5.09. The van der Waals surface area contributed by atoms with Crippen LogP contribution in [-0.4, -0.2) is 42.8 Å². The van der Waals surface area contributed by atoms with Crippen LogP contribution >= 0.6 is 0 Å². The van der Waals surface area contributed by atoms with Crippen molar-refractivity contribution < 1.29 is 18.3 Å². The van der Waals surface area contributed by atoms with Gasteiger partial charge in [0, 0.05) is 12.8 Å². The van der Waals surface area contributed by atoms with E-state index >= 15 is 0 Å². The molecule has 2 atom stereocenters. The molecular formula is C21H19F2N7O2. The average Bonchev–Trinajstić information content (AvgIpc) is 3.45. The van der Waals surface area contributed by atoms with E-state index in [0.717, 1.165) is 0 Å². The molecule has 2 heterocycles. The molecule has 0 fully saturated rings. The lowest BCUT2D eigenvalue weighted by Crippen LogP contribution is -2.45. The lowest BCUT2D eigenvalue weighted by molar-refractivity contribution is 0.130. The summed E-state index contributed by atoms with van der Waals surface area (Å²) in [6, 6.07) is 12.5. The Morgan fingerprint density at radius 2 is 1.38 bits per heavy atom. The molecule has 2 aliphatic rings. The van der Waals surface area contributed by atoms with Gasteiger partial charge in [-0.15, -0.1) is 10.2 Å². The summed E-state index contributed by atoms with van der Waals surface area (Å²) in [5.74, 6) is -0.779. The number of carbonyl (C=O) groups excluding carboxylic acids is 1. The molecule has 0 saturated heterocycles. The van der Waals surface area contributed by atoms with Gasteiger partial charge in [-0.3, -0.25) is 0 Å². The fourth-order valence-electron chi connectivity index (χ4n) is 3.38. The molecular weight excluding hydrogens is 420 g/mol. The van der Waals surface area contributed by atoms with Gasteiger partial charge in [-0.25, -0.2) is 13.6 Å². The molecule has 4 rings (SSSR count). The van der Waals surface area contributed by atoms with Crippen molar-refractivity contribution in [3.05, 3.63) is 71.3 Å². The van der Waals surface area contributed by atoms with E-state index in [-0.39, 0.29) is 31.8 Å². The molecule has 32 heavy (non-hydrogen) atoms. The first kappa shape index (κ1) is 21.3. The summed E-state index contributed by atoms with van der Waals surface area (Å²) in [7, 11) is 0. The van der Waals surface area contributed by atoms with Gasteiger partial charge in [0.05, 0.1) is 19.0 Å². The van der Waals surface area contributed by atoms with Gasteiger partial charge >= 0.3 is 6.09 Å². The number of benzene rings is 2. The molecule has 0 spiro atoms. The van der Waals surface area contributed by atoms with E-state index < -0.39 is 23.0 Å². The van der Waals surface area contributed by atoms with E-state index in [1.54, 1.807) is 36.4 Å². The predicted octanol–water partition coefficient (Wildman–Crippen LogP) is 3.86. The quantitative estimate of drug-likeness (QED) is 0.673. The number of carbonyl (C=O) groups is 1. The first-order valence-electron chi connectivity index (χ1n) is 9.80.